The van der Waals surface area contributed by atoms with Crippen molar-refractivity contribution in [3.05, 3.63) is 29.0 Å². The molecule has 82 valence electrons. The molecule has 0 radical (unpaired) electrons. The van der Waals surface area contributed by atoms with Gasteiger partial charge in [-0.25, -0.2) is 4.98 Å². The zero-order valence-corrected chi connectivity index (χ0v) is 9.40. The van der Waals surface area contributed by atoms with Crippen LogP contribution in [0.2, 0.25) is 5.15 Å². The van der Waals surface area contributed by atoms with Crippen LogP contribution in [0.1, 0.15) is 17.4 Å². The maximum absolute atomic E-state index is 11.8. The van der Waals surface area contributed by atoms with Crippen LogP contribution >= 0.6 is 11.6 Å². The van der Waals surface area contributed by atoms with E-state index >= 15 is 0 Å². The smallest absolute Gasteiger partial charge is 0.272 e. The number of likely N-dealkylation sites (N-methyl/N-ethyl adjacent to an activating group) is 1. The molecule has 0 aliphatic heterocycles. The predicted octanol–water partition coefficient (Wildman–Crippen LogP) is 1.19. The van der Waals surface area contributed by atoms with E-state index < -0.39 is 0 Å². The number of hydrogen-bond donors (Lipinski definition) is 1. The number of rotatable bonds is 3. The Morgan fingerprint density at radius 1 is 1.67 bits per heavy atom. The van der Waals surface area contributed by atoms with Crippen molar-refractivity contribution in [1.82, 2.24) is 9.88 Å². The number of carbonyl (C=O) groups is 1. The lowest BCUT2D eigenvalue weighted by Crippen LogP contribution is -2.37. The van der Waals surface area contributed by atoms with Crippen molar-refractivity contribution in [2.45, 2.75) is 13.0 Å². The van der Waals surface area contributed by atoms with E-state index in [0.29, 0.717) is 0 Å². The second-order valence-corrected chi connectivity index (χ2v) is 3.68. The molecule has 0 spiro atoms. The number of amides is 1. The highest BCUT2D eigenvalue weighted by Crippen LogP contribution is 2.08. The number of aliphatic hydroxyl groups is 1. The minimum absolute atomic E-state index is 0.0805. The van der Waals surface area contributed by atoms with Gasteiger partial charge in [0.15, 0.2) is 0 Å². The molecule has 0 saturated heterocycles. The van der Waals surface area contributed by atoms with Gasteiger partial charge in [-0.15, -0.1) is 0 Å². The van der Waals surface area contributed by atoms with Gasteiger partial charge in [-0.1, -0.05) is 17.7 Å². The van der Waals surface area contributed by atoms with Gasteiger partial charge in [-0.05, 0) is 19.1 Å². The number of hydrogen-bond acceptors (Lipinski definition) is 3. The van der Waals surface area contributed by atoms with Crippen LogP contribution in [0.5, 0.6) is 0 Å². The number of halogens is 1. The van der Waals surface area contributed by atoms with E-state index in [0.717, 1.165) is 0 Å². The van der Waals surface area contributed by atoms with E-state index in [1.807, 2.05) is 0 Å². The highest BCUT2D eigenvalue weighted by Gasteiger charge is 2.17. The molecule has 1 N–H and O–H groups in total. The van der Waals surface area contributed by atoms with E-state index in [1.165, 1.54) is 4.90 Å². The molecule has 1 rings (SSSR count). The van der Waals surface area contributed by atoms with Gasteiger partial charge >= 0.3 is 0 Å². The van der Waals surface area contributed by atoms with Crippen molar-refractivity contribution in [3.8, 4) is 0 Å². The van der Waals surface area contributed by atoms with E-state index in [2.05, 4.69) is 4.98 Å². The fourth-order valence-electron chi connectivity index (χ4n) is 1.03. The van der Waals surface area contributed by atoms with Crippen molar-refractivity contribution in [2.75, 3.05) is 13.7 Å². The van der Waals surface area contributed by atoms with Gasteiger partial charge in [-0.2, -0.15) is 0 Å². The minimum Gasteiger partial charge on any atom is -0.394 e. The number of aliphatic hydroxyl groups excluding tert-OH is 1. The quantitative estimate of drug-likeness (QED) is 0.791. The number of pyridine rings is 1. The van der Waals surface area contributed by atoms with E-state index in [9.17, 15) is 4.79 Å². The standard InChI is InChI=1S/C10H13ClN2O2/c1-7(6-14)13(2)10(15)8-4-3-5-9(11)12-8/h3-5,7,14H,6H2,1-2H3. The van der Waals surface area contributed by atoms with Gasteiger partial charge < -0.3 is 10.0 Å². The molecule has 5 heteroatoms. The lowest BCUT2D eigenvalue weighted by atomic mass is 10.2. The van der Waals surface area contributed by atoms with E-state index in [1.54, 1.807) is 32.2 Å². The zero-order chi connectivity index (χ0) is 11.4. The van der Waals surface area contributed by atoms with Crippen molar-refractivity contribution < 1.29 is 9.90 Å². The van der Waals surface area contributed by atoms with Crippen molar-refractivity contribution in [3.63, 3.8) is 0 Å². The molecule has 1 unspecified atom stereocenters. The number of nitrogens with zero attached hydrogens (tertiary/aromatic N) is 2. The molecular formula is C10H13ClN2O2. The second kappa shape index (κ2) is 5.09. The van der Waals surface area contributed by atoms with E-state index in [-0.39, 0.29) is 29.4 Å². The van der Waals surface area contributed by atoms with Crippen LogP contribution in [0.4, 0.5) is 0 Å². The first-order valence-electron chi connectivity index (χ1n) is 4.57. The monoisotopic (exact) mass is 228 g/mol. The van der Waals surface area contributed by atoms with Crippen LogP contribution in [-0.2, 0) is 0 Å². The van der Waals surface area contributed by atoms with Crippen molar-refractivity contribution in [2.24, 2.45) is 0 Å². The summed E-state index contributed by atoms with van der Waals surface area (Å²) < 4.78 is 0. The summed E-state index contributed by atoms with van der Waals surface area (Å²) in [6, 6.07) is 4.63. The Hall–Kier alpha value is -1.13. The summed E-state index contributed by atoms with van der Waals surface area (Å²) in [5, 5.41) is 9.20. The van der Waals surface area contributed by atoms with Gasteiger partial charge in [0.2, 0.25) is 0 Å². The summed E-state index contributed by atoms with van der Waals surface area (Å²) >= 11 is 5.68. The SMILES string of the molecule is CC(CO)N(C)C(=O)c1cccc(Cl)n1. The highest BCUT2D eigenvalue weighted by molar-refractivity contribution is 6.29. The fourth-order valence-corrected chi connectivity index (χ4v) is 1.19. The van der Waals surface area contributed by atoms with Crippen LogP contribution in [0.15, 0.2) is 18.2 Å². The fraction of sp³-hybridized carbons (Fsp3) is 0.400. The molecule has 0 fully saturated rings. The number of aromatic nitrogens is 1. The maximum Gasteiger partial charge on any atom is 0.272 e. The Labute approximate surface area is 93.5 Å². The van der Waals surface area contributed by atoms with Gasteiger partial charge in [0, 0.05) is 7.05 Å². The molecule has 0 aliphatic carbocycles. The third kappa shape index (κ3) is 2.91. The molecule has 0 bridgehead atoms. The predicted molar refractivity (Wildman–Crippen MR) is 57.9 cm³/mol. The molecule has 4 nitrogen and oxygen atoms in total. The Balaban J connectivity index is 2.85. The summed E-state index contributed by atoms with van der Waals surface area (Å²) in [5.41, 5.74) is 0.283. The highest BCUT2D eigenvalue weighted by atomic mass is 35.5. The van der Waals surface area contributed by atoms with E-state index in [4.69, 9.17) is 16.7 Å². The van der Waals surface area contributed by atoms with Gasteiger partial charge in [-0.3, -0.25) is 4.79 Å². The first kappa shape index (κ1) is 11.9. The first-order valence-corrected chi connectivity index (χ1v) is 4.94. The Morgan fingerprint density at radius 2 is 2.33 bits per heavy atom. The molecule has 1 amide bonds. The summed E-state index contributed by atoms with van der Waals surface area (Å²) in [5.74, 6) is -0.251. The third-order valence-electron chi connectivity index (χ3n) is 2.18. The molecule has 1 heterocycles. The largest absolute Gasteiger partial charge is 0.394 e. The Bertz CT molecular complexity index is 357. The van der Waals surface area contributed by atoms with Crippen LogP contribution in [-0.4, -0.2) is 40.6 Å². The maximum atomic E-state index is 11.8. The average molecular weight is 229 g/mol. The average Bonchev–Trinajstić information content (AvgIpc) is 2.26. The molecule has 1 aromatic rings. The van der Waals surface area contributed by atoms with Crippen LogP contribution < -0.4 is 0 Å². The summed E-state index contributed by atoms with van der Waals surface area (Å²) in [6.07, 6.45) is 0. The Kier molecular flexibility index (Phi) is 4.05. The van der Waals surface area contributed by atoms with Gasteiger partial charge in [0.25, 0.3) is 5.91 Å². The molecule has 1 atom stereocenters. The topological polar surface area (TPSA) is 53.4 Å². The van der Waals surface area contributed by atoms with Crippen molar-refractivity contribution >= 4 is 17.5 Å². The minimum atomic E-state index is -0.251. The van der Waals surface area contributed by atoms with Crippen LogP contribution in [0, 0.1) is 0 Å². The summed E-state index contributed by atoms with van der Waals surface area (Å²) in [7, 11) is 1.62. The zero-order valence-electron chi connectivity index (χ0n) is 8.64. The van der Waals surface area contributed by atoms with Gasteiger partial charge in [0.1, 0.15) is 10.8 Å². The first-order chi connectivity index (χ1) is 7.06. The van der Waals surface area contributed by atoms with Crippen molar-refractivity contribution in [1.29, 1.82) is 0 Å². The second-order valence-electron chi connectivity index (χ2n) is 3.29. The molecule has 15 heavy (non-hydrogen) atoms. The summed E-state index contributed by atoms with van der Waals surface area (Å²) in [4.78, 5) is 17.1. The van der Waals surface area contributed by atoms with Crippen LogP contribution in [0.25, 0.3) is 0 Å². The lowest BCUT2D eigenvalue weighted by Gasteiger charge is -2.22. The summed E-state index contributed by atoms with van der Waals surface area (Å²) in [6.45, 7) is 1.67. The molecule has 0 aromatic carbocycles. The van der Waals surface area contributed by atoms with Crippen LogP contribution in [0.3, 0.4) is 0 Å². The molecule has 1 aromatic heterocycles. The molecular weight excluding hydrogens is 216 g/mol. The third-order valence-corrected chi connectivity index (χ3v) is 2.39. The molecule has 0 aliphatic rings. The lowest BCUT2D eigenvalue weighted by molar-refractivity contribution is 0.0676. The number of carbonyl (C=O) groups excluding carboxylic acids is 1. The normalized spacial score (nSPS) is 12.3. The van der Waals surface area contributed by atoms with Gasteiger partial charge in [0.05, 0.1) is 12.6 Å². The Morgan fingerprint density at radius 3 is 2.87 bits per heavy atom. The molecule has 0 saturated carbocycles.